The summed E-state index contributed by atoms with van der Waals surface area (Å²) < 4.78 is 5.44. The van der Waals surface area contributed by atoms with Gasteiger partial charge in [-0.2, -0.15) is 0 Å². The molecule has 0 fully saturated rings. The van der Waals surface area contributed by atoms with Crippen LogP contribution in [0.1, 0.15) is 34.3 Å². The second-order valence-corrected chi connectivity index (χ2v) is 5.43. The van der Waals surface area contributed by atoms with Crippen LogP contribution in [-0.4, -0.2) is 11.0 Å². The lowest BCUT2D eigenvalue weighted by atomic mass is 9.99. The second-order valence-electron chi connectivity index (χ2n) is 5.03. The van der Waals surface area contributed by atoms with Crippen LogP contribution in [0.5, 0.6) is 0 Å². The number of furan rings is 1. The lowest BCUT2D eigenvalue weighted by Gasteiger charge is -2.13. The van der Waals surface area contributed by atoms with E-state index in [-0.39, 0.29) is 5.91 Å². The van der Waals surface area contributed by atoms with Gasteiger partial charge in [-0.05, 0) is 37.6 Å². The number of anilines is 1. The molecule has 1 atom stereocenters. The van der Waals surface area contributed by atoms with E-state index in [1.165, 1.54) is 0 Å². The van der Waals surface area contributed by atoms with Crippen LogP contribution >= 0.6 is 11.6 Å². The van der Waals surface area contributed by atoms with Crippen LogP contribution in [-0.2, 0) is 11.2 Å². The largest absolute Gasteiger partial charge is 0.466 e. The van der Waals surface area contributed by atoms with E-state index in [4.69, 9.17) is 16.0 Å². The molecule has 2 heterocycles. The van der Waals surface area contributed by atoms with Crippen LogP contribution in [0.15, 0.2) is 22.6 Å². The number of fused-ring (bicyclic) bond motifs is 1. The van der Waals surface area contributed by atoms with Gasteiger partial charge in [-0.3, -0.25) is 4.79 Å². The van der Waals surface area contributed by atoms with Crippen molar-refractivity contribution in [3.63, 3.8) is 0 Å². The summed E-state index contributed by atoms with van der Waals surface area (Å²) in [6, 6.07) is 5.26. The third kappa shape index (κ3) is 2.11. The molecule has 20 heavy (non-hydrogen) atoms. The molecule has 1 aliphatic heterocycles. The van der Waals surface area contributed by atoms with Gasteiger partial charge in [-0.15, -0.1) is 0 Å². The zero-order valence-electron chi connectivity index (χ0n) is 11.2. The highest BCUT2D eigenvalue weighted by Gasteiger charge is 2.24. The fourth-order valence-corrected chi connectivity index (χ4v) is 2.83. The summed E-state index contributed by atoms with van der Waals surface area (Å²) in [5.41, 5.74) is 2.86. The molecular weight excluding hydrogens is 278 g/mol. The van der Waals surface area contributed by atoms with Gasteiger partial charge in [0.15, 0.2) is 0 Å². The molecule has 1 aliphatic rings. The summed E-state index contributed by atoms with van der Waals surface area (Å²) in [5, 5.41) is 13.7. The van der Waals surface area contributed by atoms with Crippen molar-refractivity contribution in [1.29, 1.82) is 0 Å². The number of halogens is 1. The predicted molar refractivity (Wildman–Crippen MR) is 76.0 cm³/mol. The Hall–Kier alpha value is -1.78. The lowest BCUT2D eigenvalue weighted by Crippen LogP contribution is -2.03. The van der Waals surface area contributed by atoms with Gasteiger partial charge in [0.1, 0.15) is 17.6 Å². The summed E-state index contributed by atoms with van der Waals surface area (Å²) in [6.45, 7) is 3.63. The highest BCUT2D eigenvalue weighted by atomic mass is 35.5. The number of aryl methyl sites for hydroxylation is 2. The number of benzene rings is 1. The lowest BCUT2D eigenvalue weighted by molar-refractivity contribution is -0.115. The number of amides is 1. The number of aliphatic hydroxyl groups is 1. The highest BCUT2D eigenvalue weighted by molar-refractivity contribution is 6.32. The molecule has 2 aromatic rings. The average molecular weight is 292 g/mol. The molecule has 3 rings (SSSR count). The monoisotopic (exact) mass is 291 g/mol. The van der Waals surface area contributed by atoms with Gasteiger partial charge in [-0.1, -0.05) is 11.6 Å². The van der Waals surface area contributed by atoms with Crippen molar-refractivity contribution in [2.75, 3.05) is 5.32 Å². The number of aliphatic hydroxyl groups excluding tert-OH is 1. The Kier molecular flexibility index (Phi) is 3.07. The quantitative estimate of drug-likeness (QED) is 0.893. The van der Waals surface area contributed by atoms with E-state index in [1.807, 2.05) is 6.92 Å². The molecule has 1 amide bonds. The van der Waals surface area contributed by atoms with E-state index < -0.39 is 6.10 Å². The van der Waals surface area contributed by atoms with Gasteiger partial charge >= 0.3 is 0 Å². The van der Waals surface area contributed by atoms with E-state index in [9.17, 15) is 9.90 Å². The molecule has 0 spiro atoms. The molecule has 1 aromatic heterocycles. The SMILES string of the molecule is Cc1cc(C(O)c2cc3c(cc2Cl)NC(=O)C3)c(C)o1. The predicted octanol–water partition coefficient (Wildman–Crippen LogP) is 3.13. The molecule has 5 heteroatoms. The van der Waals surface area contributed by atoms with Gasteiger partial charge in [0.25, 0.3) is 0 Å². The van der Waals surface area contributed by atoms with Crippen LogP contribution in [0, 0.1) is 13.8 Å². The van der Waals surface area contributed by atoms with Gasteiger partial charge in [0.2, 0.25) is 5.91 Å². The van der Waals surface area contributed by atoms with Crippen molar-refractivity contribution in [1.82, 2.24) is 0 Å². The number of hydrogen-bond acceptors (Lipinski definition) is 3. The van der Waals surface area contributed by atoms with Crippen LogP contribution < -0.4 is 5.32 Å². The first-order valence-electron chi connectivity index (χ1n) is 6.33. The Morgan fingerprint density at radius 2 is 2.05 bits per heavy atom. The third-order valence-electron chi connectivity index (χ3n) is 3.52. The maximum Gasteiger partial charge on any atom is 0.228 e. The first kappa shape index (κ1) is 13.2. The summed E-state index contributed by atoms with van der Waals surface area (Å²) in [5.74, 6) is 1.35. The smallest absolute Gasteiger partial charge is 0.228 e. The molecule has 4 nitrogen and oxygen atoms in total. The fraction of sp³-hybridized carbons (Fsp3) is 0.267. The van der Waals surface area contributed by atoms with E-state index >= 15 is 0 Å². The Morgan fingerprint density at radius 1 is 1.30 bits per heavy atom. The standard InChI is InChI=1S/C15H14ClNO3/c1-7-3-10(8(2)20-7)15(19)11-4-9-5-14(18)17-13(9)6-12(11)16/h3-4,6,15,19H,5H2,1-2H3,(H,17,18). The molecule has 0 radical (unpaired) electrons. The molecule has 0 aliphatic carbocycles. The zero-order chi connectivity index (χ0) is 14.4. The van der Waals surface area contributed by atoms with Gasteiger partial charge < -0.3 is 14.8 Å². The minimum atomic E-state index is -0.860. The summed E-state index contributed by atoms with van der Waals surface area (Å²) >= 11 is 6.22. The van der Waals surface area contributed by atoms with Crippen LogP contribution in [0.3, 0.4) is 0 Å². The van der Waals surface area contributed by atoms with Gasteiger partial charge in [-0.25, -0.2) is 0 Å². The second kappa shape index (κ2) is 4.65. The van der Waals surface area contributed by atoms with Crippen LogP contribution in [0.4, 0.5) is 5.69 Å². The van der Waals surface area contributed by atoms with Crippen molar-refractivity contribution < 1.29 is 14.3 Å². The van der Waals surface area contributed by atoms with E-state index in [0.717, 1.165) is 17.0 Å². The third-order valence-corrected chi connectivity index (χ3v) is 3.84. The maximum absolute atomic E-state index is 11.4. The Morgan fingerprint density at radius 3 is 2.70 bits per heavy atom. The van der Waals surface area contributed by atoms with E-state index in [2.05, 4.69) is 5.32 Å². The van der Waals surface area contributed by atoms with E-state index in [1.54, 1.807) is 25.1 Å². The van der Waals surface area contributed by atoms with Crippen molar-refractivity contribution in [3.8, 4) is 0 Å². The zero-order valence-corrected chi connectivity index (χ0v) is 11.9. The summed E-state index contributed by atoms with van der Waals surface area (Å²) in [7, 11) is 0. The van der Waals surface area contributed by atoms with Crippen molar-refractivity contribution >= 4 is 23.2 Å². The molecule has 0 saturated heterocycles. The molecule has 0 bridgehead atoms. The average Bonchev–Trinajstić information content (AvgIpc) is 2.88. The molecular formula is C15H14ClNO3. The highest BCUT2D eigenvalue weighted by Crippen LogP contribution is 2.36. The number of nitrogens with one attached hydrogen (secondary N) is 1. The van der Waals surface area contributed by atoms with E-state index in [0.29, 0.717) is 28.3 Å². The summed E-state index contributed by atoms with van der Waals surface area (Å²) in [6.07, 6.45) is -0.545. The minimum Gasteiger partial charge on any atom is -0.466 e. The number of carbonyl (C=O) groups excluding carboxylic acids is 1. The van der Waals surface area contributed by atoms with Gasteiger partial charge in [0.05, 0.1) is 6.42 Å². The minimum absolute atomic E-state index is 0.0574. The molecule has 1 unspecified atom stereocenters. The summed E-state index contributed by atoms with van der Waals surface area (Å²) in [4.78, 5) is 11.4. The Labute approximate surface area is 121 Å². The van der Waals surface area contributed by atoms with Crippen LogP contribution in [0.25, 0.3) is 0 Å². The maximum atomic E-state index is 11.4. The van der Waals surface area contributed by atoms with Crippen molar-refractivity contribution in [2.24, 2.45) is 0 Å². The Bertz CT molecular complexity index is 705. The van der Waals surface area contributed by atoms with Crippen LogP contribution in [0.2, 0.25) is 5.02 Å². The normalized spacial score (nSPS) is 15.1. The number of carbonyl (C=O) groups is 1. The topological polar surface area (TPSA) is 62.5 Å². The molecule has 2 N–H and O–H groups in total. The first-order chi connectivity index (χ1) is 9.45. The van der Waals surface area contributed by atoms with Crippen molar-refractivity contribution in [2.45, 2.75) is 26.4 Å². The fourth-order valence-electron chi connectivity index (χ4n) is 2.57. The first-order valence-corrected chi connectivity index (χ1v) is 6.70. The molecule has 104 valence electrons. The number of hydrogen-bond donors (Lipinski definition) is 2. The number of rotatable bonds is 2. The Balaban J connectivity index is 2.04. The molecule has 1 aromatic carbocycles. The van der Waals surface area contributed by atoms with Crippen molar-refractivity contribution in [3.05, 3.63) is 51.4 Å². The van der Waals surface area contributed by atoms with Gasteiger partial charge in [0, 0.05) is 21.8 Å². The molecule has 0 saturated carbocycles.